The van der Waals surface area contributed by atoms with Crippen molar-refractivity contribution in [3.8, 4) is 5.75 Å². The predicted molar refractivity (Wildman–Crippen MR) is 97.6 cm³/mol. The standard InChI is InChI=1S/C20H25N3O/c1-16(2)13-17-9-11-19(12-10-17)24-15-23-14-20(22(3)21-23)18-7-5-4-6-8-18/h4-12,14,16,21H,13,15H2,1-3H3. The van der Waals surface area contributed by atoms with E-state index in [1.807, 2.05) is 47.4 Å². The molecule has 0 aliphatic carbocycles. The normalized spacial score (nSPS) is 14.2. The van der Waals surface area contributed by atoms with E-state index < -0.39 is 0 Å². The van der Waals surface area contributed by atoms with Gasteiger partial charge in [0.1, 0.15) is 5.75 Å². The van der Waals surface area contributed by atoms with Gasteiger partial charge in [-0.2, -0.15) is 0 Å². The molecule has 3 rings (SSSR count). The summed E-state index contributed by atoms with van der Waals surface area (Å²) in [6.45, 7) is 4.91. The molecule has 4 heteroatoms. The summed E-state index contributed by atoms with van der Waals surface area (Å²) in [6, 6.07) is 18.7. The lowest BCUT2D eigenvalue weighted by Crippen LogP contribution is -2.39. The van der Waals surface area contributed by atoms with Gasteiger partial charge in [-0.1, -0.05) is 56.3 Å². The van der Waals surface area contributed by atoms with Crippen LogP contribution in [-0.4, -0.2) is 23.8 Å². The summed E-state index contributed by atoms with van der Waals surface area (Å²) < 4.78 is 5.87. The number of hydrogen-bond acceptors (Lipinski definition) is 4. The lowest BCUT2D eigenvalue weighted by molar-refractivity contribution is 0.0804. The third-order valence-corrected chi connectivity index (χ3v) is 3.93. The SMILES string of the molecule is CC(C)Cc1ccc(OCN2C=C(c3ccccc3)N(C)N2)cc1. The molecule has 0 saturated heterocycles. The van der Waals surface area contributed by atoms with Gasteiger partial charge in [0, 0.05) is 18.8 Å². The molecule has 2 aromatic rings. The van der Waals surface area contributed by atoms with Crippen molar-refractivity contribution in [1.29, 1.82) is 0 Å². The van der Waals surface area contributed by atoms with Gasteiger partial charge in [0.25, 0.3) is 0 Å². The number of rotatable bonds is 6. The fraction of sp³-hybridized carbons (Fsp3) is 0.300. The highest BCUT2D eigenvalue weighted by Gasteiger charge is 2.18. The minimum absolute atomic E-state index is 0.449. The first kappa shape index (κ1) is 16.4. The van der Waals surface area contributed by atoms with Crippen molar-refractivity contribution in [2.24, 2.45) is 5.92 Å². The van der Waals surface area contributed by atoms with Gasteiger partial charge in [-0.05, 0) is 30.0 Å². The molecule has 1 aliphatic heterocycles. The smallest absolute Gasteiger partial charge is 0.176 e. The topological polar surface area (TPSA) is 27.7 Å². The van der Waals surface area contributed by atoms with Gasteiger partial charge in [0.15, 0.2) is 6.73 Å². The van der Waals surface area contributed by atoms with Gasteiger partial charge >= 0.3 is 0 Å². The molecular weight excluding hydrogens is 298 g/mol. The Balaban J connectivity index is 1.58. The van der Waals surface area contributed by atoms with Gasteiger partial charge < -0.3 is 4.74 Å². The van der Waals surface area contributed by atoms with Crippen LogP contribution in [0.2, 0.25) is 0 Å². The molecule has 0 spiro atoms. The number of hydrazine groups is 2. The maximum absolute atomic E-state index is 5.87. The number of nitrogens with one attached hydrogen (secondary N) is 1. The van der Waals surface area contributed by atoms with Crippen molar-refractivity contribution >= 4 is 5.70 Å². The highest BCUT2D eigenvalue weighted by molar-refractivity contribution is 5.64. The molecule has 1 heterocycles. The molecule has 1 aliphatic rings. The monoisotopic (exact) mass is 323 g/mol. The number of benzene rings is 2. The van der Waals surface area contributed by atoms with Gasteiger partial charge in [0.05, 0.1) is 5.70 Å². The fourth-order valence-electron chi connectivity index (χ4n) is 2.79. The van der Waals surface area contributed by atoms with Crippen LogP contribution in [0.15, 0.2) is 60.8 Å². The molecule has 1 N–H and O–H groups in total. The minimum atomic E-state index is 0.449. The highest BCUT2D eigenvalue weighted by atomic mass is 16.5. The van der Waals surface area contributed by atoms with E-state index in [2.05, 4.69) is 49.8 Å². The Labute approximate surface area is 144 Å². The molecule has 0 amide bonds. The Bertz CT molecular complexity index is 680. The van der Waals surface area contributed by atoms with Crippen LogP contribution in [0.4, 0.5) is 0 Å². The molecule has 0 atom stereocenters. The second-order valence-electron chi connectivity index (χ2n) is 6.52. The number of hydrogen-bond donors (Lipinski definition) is 1. The van der Waals surface area contributed by atoms with E-state index in [-0.39, 0.29) is 0 Å². The van der Waals surface area contributed by atoms with E-state index in [0.717, 1.165) is 17.9 Å². The Morgan fingerprint density at radius 2 is 1.71 bits per heavy atom. The van der Waals surface area contributed by atoms with Crippen LogP contribution in [0.3, 0.4) is 0 Å². The molecule has 126 valence electrons. The summed E-state index contributed by atoms with van der Waals surface area (Å²) in [7, 11) is 2.00. The summed E-state index contributed by atoms with van der Waals surface area (Å²) in [5.41, 5.74) is 6.90. The zero-order valence-electron chi connectivity index (χ0n) is 14.6. The van der Waals surface area contributed by atoms with Gasteiger partial charge in [-0.3, -0.25) is 10.0 Å². The first-order valence-corrected chi connectivity index (χ1v) is 8.37. The van der Waals surface area contributed by atoms with Gasteiger partial charge in [-0.25, -0.2) is 0 Å². The van der Waals surface area contributed by atoms with E-state index >= 15 is 0 Å². The van der Waals surface area contributed by atoms with E-state index in [0.29, 0.717) is 12.6 Å². The second kappa shape index (κ2) is 7.41. The van der Waals surface area contributed by atoms with E-state index in [1.165, 1.54) is 11.1 Å². The third kappa shape index (κ3) is 4.09. The summed E-state index contributed by atoms with van der Waals surface area (Å²) in [5, 5.41) is 3.93. The van der Waals surface area contributed by atoms with E-state index in [4.69, 9.17) is 4.74 Å². The van der Waals surface area contributed by atoms with Crippen LogP contribution in [0.1, 0.15) is 25.0 Å². The van der Waals surface area contributed by atoms with Crippen molar-refractivity contribution in [1.82, 2.24) is 15.6 Å². The van der Waals surface area contributed by atoms with Crippen LogP contribution < -0.4 is 10.3 Å². The summed E-state index contributed by atoms with van der Waals surface area (Å²) >= 11 is 0. The number of ether oxygens (including phenoxy) is 1. The van der Waals surface area contributed by atoms with E-state index in [1.54, 1.807) is 0 Å². The fourth-order valence-corrected chi connectivity index (χ4v) is 2.79. The zero-order valence-corrected chi connectivity index (χ0v) is 14.6. The molecule has 0 saturated carbocycles. The van der Waals surface area contributed by atoms with Crippen LogP contribution in [0, 0.1) is 5.92 Å². The van der Waals surface area contributed by atoms with Crippen LogP contribution in [-0.2, 0) is 6.42 Å². The Hall–Kier alpha value is -2.46. The molecule has 0 fully saturated rings. The molecule has 0 radical (unpaired) electrons. The lowest BCUT2D eigenvalue weighted by atomic mass is 10.0. The highest BCUT2D eigenvalue weighted by Crippen LogP contribution is 2.21. The molecule has 24 heavy (non-hydrogen) atoms. The average Bonchev–Trinajstić information content (AvgIpc) is 2.95. The lowest BCUT2D eigenvalue weighted by Gasteiger charge is -2.21. The Morgan fingerprint density at radius 1 is 1.00 bits per heavy atom. The summed E-state index contributed by atoms with van der Waals surface area (Å²) in [6.07, 6.45) is 3.16. The maximum Gasteiger partial charge on any atom is 0.176 e. The van der Waals surface area contributed by atoms with E-state index in [9.17, 15) is 0 Å². The average molecular weight is 323 g/mol. The van der Waals surface area contributed by atoms with Crippen LogP contribution in [0.25, 0.3) is 5.70 Å². The van der Waals surface area contributed by atoms with Crippen molar-refractivity contribution in [2.45, 2.75) is 20.3 Å². The van der Waals surface area contributed by atoms with Crippen molar-refractivity contribution < 1.29 is 4.74 Å². The minimum Gasteiger partial charge on any atom is -0.472 e. The van der Waals surface area contributed by atoms with Crippen molar-refractivity contribution in [3.05, 3.63) is 71.9 Å². The summed E-state index contributed by atoms with van der Waals surface area (Å²) in [4.78, 5) is 0. The quantitative estimate of drug-likeness (QED) is 0.873. The predicted octanol–water partition coefficient (Wildman–Crippen LogP) is 3.89. The zero-order chi connectivity index (χ0) is 16.9. The molecule has 2 aromatic carbocycles. The molecule has 4 nitrogen and oxygen atoms in total. The van der Waals surface area contributed by atoms with Gasteiger partial charge in [0.2, 0.25) is 0 Å². The van der Waals surface area contributed by atoms with Crippen molar-refractivity contribution in [2.75, 3.05) is 13.8 Å². The number of nitrogens with zero attached hydrogens (tertiary/aromatic N) is 2. The van der Waals surface area contributed by atoms with Crippen LogP contribution >= 0.6 is 0 Å². The maximum atomic E-state index is 5.87. The first-order valence-electron chi connectivity index (χ1n) is 8.37. The first-order chi connectivity index (χ1) is 11.6. The largest absolute Gasteiger partial charge is 0.472 e. The molecule has 0 bridgehead atoms. The third-order valence-electron chi connectivity index (χ3n) is 3.93. The van der Waals surface area contributed by atoms with Crippen molar-refractivity contribution in [3.63, 3.8) is 0 Å². The Morgan fingerprint density at radius 3 is 2.38 bits per heavy atom. The van der Waals surface area contributed by atoms with Gasteiger partial charge in [-0.15, -0.1) is 5.53 Å². The Kier molecular flexibility index (Phi) is 5.06. The summed E-state index contributed by atoms with van der Waals surface area (Å²) in [5.74, 6) is 1.55. The van der Waals surface area contributed by atoms with Crippen LogP contribution in [0.5, 0.6) is 5.75 Å². The molecule has 0 unspecified atom stereocenters. The molecular formula is C20H25N3O. The second-order valence-corrected chi connectivity index (χ2v) is 6.52. The molecule has 0 aromatic heterocycles.